The fourth-order valence-electron chi connectivity index (χ4n) is 3.24. The van der Waals surface area contributed by atoms with E-state index in [-0.39, 0.29) is 0 Å². The van der Waals surface area contributed by atoms with Crippen LogP contribution in [0.1, 0.15) is 16.8 Å². The van der Waals surface area contributed by atoms with Crippen molar-refractivity contribution in [1.29, 1.82) is 0 Å². The predicted molar refractivity (Wildman–Crippen MR) is 82.4 cm³/mol. The normalized spacial score (nSPS) is 23.4. The lowest BCUT2D eigenvalue weighted by atomic mass is 10.1. The van der Waals surface area contributed by atoms with Gasteiger partial charge in [-0.15, -0.1) is 0 Å². The van der Waals surface area contributed by atoms with Crippen molar-refractivity contribution >= 4 is 17.3 Å². The van der Waals surface area contributed by atoms with Gasteiger partial charge in [0.25, 0.3) is 5.91 Å². The standard InChI is InChI=1S/C15H22N4O2/c16-14-12(15(17)20)2-1-3-13(14)19-5-4-11(10-19)18-6-8-21-9-7-18/h1-3,11H,4-10,16H2,(H2,17,20). The Labute approximate surface area is 124 Å². The molecule has 0 aliphatic carbocycles. The molecule has 2 aliphatic rings. The lowest BCUT2D eigenvalue weighted by Gasteiger charge is -2.32. The van der Waals surface area contributed by atoms with E-state index in [0.29, 0.717) is 17.3 Å². The van der Waals surface area contributed by atoms with Gasteiger partial charge in [-0.05, 0) is 18.6 Å². The number of benzene rings is 1. The molecule has 2 aliphatic heterocycles. The number of nitrogen functional groups attached to an aromatic ring is 1. The highest BCUT2D eigenvalue weighted by atomic mass is 16.5. The van der Waals surface area contributed by atoms with Crippen LogP contribution in [0.2, 0.25) is 0 Å². The fraction of sp³-hybridized carbons (Fsp3) is 0.533. The van der Waals surface area contributed by atoms with Crippen LogP contribution in [0.4, 0.5) is 11.4 Å². The molecule has 3 rings (SSSR count). The maximum Gasteiger partial charge on any atom is 0.250 e. The van der Waals surface area contributed by atoms with Crippen LogP contribution in [0.25, 0.3) is 0 Å². The third-order valence-corrected chi connectivity index (χ3v) is 4.41. The summed E-state index contributed by atoms with van der Waals surface area (Å²) in [7, 11) is 0. The minimum Gasteiger partial charge on any atom is -0.396 e. The monoisotopic (exact) mass is 290 g/mol. The van der Waals surface area contributed by atoms with E-state index in [2.05, 4.69) is 9.80 Å². The summed E-state index contributed by atoms with van der Waals surface area (Å²) in [5.74, 6) is -0.474. The number of carbonyl (C=O) groups is 1. The minimum atomic E-state index is -0.474. The van der Waals surface area contributed by atoms with Crippen molar-refractivity contribution in [1.82, 2.24) is 4.90 Å². The Morgan fingerprint density at radius 2 is 2.00 bits per heavy atom. The number of nitrogens with two attached hydrogens (primary N) is 2. The summed E-state index contributed by atoms with van der Waals surface area (Å²) in [6.07, 6.45) is 1.11. The third-order valence-electron chi connectivity index (χ3n) is 4.41. The van der Waals surface area contributed by atoms with Crippen LogP contribution >= 0.6 is 0 Å². The fourth-order valence-corrected chi connectivity index (χ4v) is 3.24. The van der Waals surface area contributed by atoms with Crippen molar-refractivity contribution in [2.24, 2.45) is 5.73 Å². The summed E-state index contributed by atoms with van der Waals surface area (Å²) in [5, 5.41) is 0. The first-order valence-electron chi connectivity index (χ1n) is 7.42. The van der Waals surface area contributed by atoms with Crippen LogP contribution in [0.5, 0.6) is 0 Å². The van der Waals surface area contributed by atoms with E-state index >= 15 is 0 Å². The van der Waals surface area contributed by atoms with Crippen LogP contribution < -0.4 is 16.4 Å². The Bertz CT molecular complexity index is 528. The van der Waals surface area contributed by atoms with Crippen LogP contribution in [-0.4, -0.2) is 56.2 Å². The second-order valence-corrected chi connectivity index (χ2v) is 5.64. The Hall–Kier alpha value is -1.79. The van der Waals surface area contributed by atoms with E-state index in [1.165, 1.54) is 0 Å². The topological polar surface area (TPSA) is 84.8 Å². The smallest absolute Gasteiger partial charge is 0.250 e. The number of carbonyl (C=O) groups excluding carboxylic acids is 1. The molecule has 1 amide bonds. The first kappa shape index (κ1) is 14.2. The maximum absolute atomic E-state index is 11.4. The van der Waals surface area contributed by atoms with E-state index in [0.717, 1.165) is 51.5 Å². The minimum absolute atomic E-state index is 0.405. The zero-order chi connectivity index (χ0) is 14.8. The van der Waals surface area contributed by atoms with Gasteiger partial charge in [0.2, 0.25) is 0 Å². The molecule has 2 fully saturated rings. The second-order valence-electron chi connectivity index (χ2n) is 5.64. The first-order chi connectivity index (χ1) is 10.2. The molecular weight excluding hydrogens is 268 g/mol. The van der Waals surface area contributed by atoms with Crippen LogP contribution in [0.3, 0.4) is 0 Å². The number of amides is 1. The number of para-hydroxylation sites is 1. The Morgan fingerprint density at radius 1 is 1.24 bits per heavy atom. The average Bonchev–Trinajstić information content (AvgIpc) is 2.98. The molecule has 21 heavy (non-hydrogen) atoms. The highest BCUT2D eigenvalue weighted by Crippen LogP contribution is 2.30. The molecule has 2 heterocycles. The van der Waals surface area contributed by atoms with E-state index < -0.39 is 5.91 Å². The second kappa shape index (κ2) is 5.91. The summed E-state index contributed by atoms with van der Waals surface area (Å²) in [6.45, 7) is 5.51. The zero-order valence-electron chi connectivity index (χ0n) is 12.1. The number of morpholine rings is 1. The molecule has 1 aromatic rings. The molecule has 0 aromatic heterocycles. The van der Waals surface area contributed by atoms with Crippen molar-refractivity contribution < 1.29 is 9.53 Å². The molecule has 0 radical (unpaired) electrons. The number of primary amides is 1. The molecule has 0 bridgehead atoms. The van der Waals surface area contributed by atoms with Crippen LogP contribution in [0, 0.1) is 0 Å². The maximum atomic E-state index is 11.4. The van der Waals surface area contributed by atoms with Crippen molar-refractivity contribution in [2.75, 3.05) is 50.0 Å². The van der Waals surface area contributed by atoms with Gasteiger partial charge in [0.1, 0.15) is 0 Å². The van der Waals surface area contributed by atoms with Gasteiger partial charge in [0, 0.05) is 32.2 Å². The van der Waals surface area contributed by atoms with Gasteiger partial charge in [0.05, 0.1) is 30.2 Å². The highest BCUT2D eigenvalue weighted by Gasteiger charge is 2.30. The molecule has 1 aromatic carbocycles. The number of hydrogen-bond acceptors (Lipinski definition) is 5. The number of nitrogens with zero attached hydrogens (tertiary/aromatic N) is 2. The molecule has 0 spiro atoms. The largest absolute Gasteiger partial charge is 0.396 e. The summed E-state index contributed by atoms with van der Waals surface area (Å²) >= 11 is 0. The highest BCUT2D eigenvalue weighted by molar-refractivity contribution is 6.00. The van der Waals surface area contributed by atoms with Gasteiger partial charge in [-0.25, -0.2) is 0 Å². The van der Waals surface area contributed by atoms with Gasteiger partial charge in [0.15, 0.2) is 0 Å². The first-order valence-corrected chi connectivity index (χ1v) is 7.42. The van der Waals surface area contributed by atoms with Crippen LogP contribution in [0.15, 0.2) is 18.2 Å². The molecule has 0 saturated carbocycles. The van der Waals surface area contributed by atoms with Gasteiger partial charge < -0.3 is 21.1 Å². The van der Waals surface area contributed by atoms with Crippen molar-refractivity contribution in [3.8, 4) is 0 Å². The van der Waals surface area contributed by atoms with E-state index in [1.807, 2.05) is 12.1 Å². The molecule has 4 N–H and O–H groups in total. The van der Waals surface area contributed by atoms with Gasteiger partial charge in [-0.2, -0.15) is 0 Å². The van der Waals surface area contributed by atoms with Gasteiger partial charge in [-0.3, -0.25) is 9.69 Å². The lowest BCUT2D eigenvalue weighted by molar-refractivity contribution is 0.0209. The van der Waals surface area contributed by atoms with Crippen molar-refractivity contribution in [3.63, 3.8) is 0 Å². The number of hydrogen-bond donors (Lipinski definition) is 2. The number of ether oxygens (including phenoxy) is 1. The summed E-state index contributed by atoms with van der Waals surface area (Å²) in [6, 6.07) is 6.01. The molecule has 6 nitrogen and oxygen atoms in total. The van der Waals surface area contributed by atoms with Gasteiger partial charge in [-0.1, -0.05) is 6.07 Å². The van der Waals surface area contributed by atoms with E-state index in [1.54, 1.807) is 6.07 Å². The molecule has 2 saturated heterocycles. The lowest BCUT2D eigenvalue weighted by Crippen LogP contribution is -2.44. The number of rotatable bonds is 3. The Balaban J connectivity index is 1.74. The summed E-state index contributed by atoms with van der Waals surface area (Å²) in [4.78, 5) is 16.1. The SMILES string of the molecule is NC(=O)c1cccc(N2CCC(N3CCOCC3)C2)c1N. The van der Waals surface area contributed by atoms with E-state index in [4.69, 9.17) is 16.2 Å². The van der Waals surface area contributed by atoms with Crippen molar-refractivity contribution in [3.05, 3.63) is 23.8 Å². The molecule has 6 heteroatoms. The average molecular weight is 290 g/mol. The molecule has 114 valence electrons. The van der Waals surface area contributed by atoms with E-state index in [9.17, 15) is 4.79 Å². The predicted octanol–water partition coefficient (Wildman–Crippen LogP) is 0.279. The number of anilines is 2. The summed E-state index contributed by atoms with van der Waals surface area (Å²) < 4.78 is 5.41. The van der Waals surface area contributed by atoms with Crippen molar-refractivity contribution in [2.45, 2.75) is 12.5 Å². The zero-order valence-corrected chi connectivity index (χ0v) is 12.1. The Kier molecular flexibility index (Phi) is 3.98. The quantitative estimate of drug-likeness (QED) is 0.781. The molecule has 1 atom stereocenters. The molecular formula is C15H22N4O2. The molecule has 1 unspecified atom stereocenters. The Morgan fingerprint density at radius 3 is 2.71 bits per heavy atom. The van der Waals surface area contributed by atoms with Gasteiger partial charge >= 0.3 is 0 Å². The van der Waals surface area contributed by atoms with Crippen LogP contribution in [-0.2, 0) is 4.74 Å². The third kappa shape index (κ3) is 2.82. The summed E-state index contributed by atoms with van der Waals surface area (Å²) in [5.41, 5.74) is 13.3.